The normalized spacial score (nSPS) is 18.8. The molecule has 0 unspecified atom stereocenters. The van der Waals surface area contributed by atoms with E-state index in [0.717, 1.165) is 51.3 Å². The van der Waals surface area contributed by atoms with Crippen molar-refractivity contribution in [2.45, 2.75) is 33.0 Å². The van der Waals surface area contributed by atoms with Crippen molar-refractivity contribution in [3.8, 4) is 21.8 Å². The molecular formula is C29H29N3OS. The maximum atomic E-state index is 6.02. The number of nitrogens with zero attached hydrogens (tertiary/aromatic N) is 3. The van der Waals surface area contributed by atoms with Crippen LogP contribution in [0.2, 0.25) is 0 Å². The molecule has 1 saturated heterocycles. The van der Waals surface area contributed by atoms with Crippen molar-refractivity contribution in [3.63, 3.8) is 0 Å². The van der Waals surface area contributed by atoms with Gasteiger partial charge >= 0.3 is 0 Å². The number of benzene rings is 3. The van der Waals surface area contributed by atoms with E-state index in [1.165, 1.54) is 5.56 Å². The van der Waals surface area contributed by atoms with Crippen molar-refractivity contribution < 1.29 is 4.74 Å². The summed E-state index contributed by atoms with van der Waals surface area (Å²) < 4.78 is 6.02. The third-order valence-corrected chi connectivity index (χ3v) is 6.91. The van der Waals surface area contributed by atoms with Gasteiger partial charge in [0.15, 0.2) is 0 Å². The Bertz CT molecular complexity index is 1260. The predicted molar refractivity (Wildman–Crippen MR) is 142 cm³/mol. The van der Waals surface area contributed by atoms with Crippen LogP contribution in [-0.4, -0.2) is 41.0 Å². The molecule has 0 N–H and O–H groups in total. The summed E-state index contributed by atoms with van der Waals surface area (Å²) in [6, 6.07) is 29.3. The highest BCUT2D eigenvalue weighted by Crippen LogP contribution is 2.40. The van der Waals surface area contributed by atoms with Gasteiger partial charge in [0.2, 0.25) is 0 Å². The Hall–Kier alpha value is -3.28. The van der Waals surface area contributed by atoms with Crippen molar-refractivity contribution >= 4 is 22.2 Å². The van der Waals surface area contributed by atoms with Crippen LogP contribution in [0.25, 0.3) is 21.8 Å². The first-order valence-electron chi connectivity index (χ1n) is 11.7. The molecule has 3 aromatic carbocycles. The smallest absolute Gasteiger partial charge is 0.146 e. The van der Waals surface area contributed by atoms with E-state index in [-0.39, 0.29) is 12.2 Å². The van der Waals surface area contributed by atoms with Gasteiger partial charge in [-0.1, -0.05) is 102 Å². The van der Waals surface area contributed by atoms with E-state index >= 15 is 0 Å². The molecule has 5 rings (SSSR count). The van der Waals surface area contributed by atoms with Gasteiger partial charge in [0.1, 0.15) is 21.5 Å². The van der Waals surface area contributed by atoms with E-state index in [1.54, 1.807) is 11.3 Å². The van der Waals surface area contributed by atoms with Crippen LogP contribution < -0.4 is 0 Å². The summed E-state index contributed by atoms with van der Waals surface area (Å²) in [5.74, 6) is 0.974. The number of aliphatic imine (C=N–C) groups is 1. The fourth-order valence-corrected chi connectivity index (χ4v) is 5.31. The minimum atomic E-state index is 0.148. The Kier molecular flexibility index (Phi) is 6.57. The highest BCUT2D eigenvalue weighted by Gasteiger charge is 2.26. The molecule has 1 aliphatic heterocycles. The highest BCUT2D eigenvalue weighted by atomic mass is 32.1. The average molecular weight is 468 g/mol. The summed E-state index contributed by atoms with van der Waals surface area (Å²) in [4.78, 5) is 12.7. The summed E-state index contributed by atoms with van der Waals surface area (Å²) in [6.45, 7) is 7.99. The lowest BCUT2D eigenvalue weighted by molar-refractivity contribution is -0.0478. The zero-order valence-electron chi connectivity index (χ0n) is 19.8. The molecule has 1 aliphatic rings. The topological polar surface area (TPSA) is 37.7 Å². The van der Waals surface area contributed by atoms with Gasteiger partial charge in [-0.2, -0.15) is 0 Å². The zero-order chi connectivity index (χ0) is 23.5. The van der Waals surface area contributed by atoms with Gasteiger partial charge in [0.05, 0.1) is 12.2 Å². The molecule has 0 radical (unpaired) electrons. The van der Waals surface area contributed by atoms with Crippen LogP contribution in [0.15, 0.2) is 89.9 Å². The van der Waals surface area contributed by atoms with Crippen LogP contribution in [0.1, 0.15) is 25.0 Å². The molecule has 4 aromatic rings. The van der Waals surface area contributed by atoms with Gasteiger partial charge in [0.25, 0.3) is 0 Å². The number of thiazole rings is 1. The van der Waals surface area contributed by atoms with Gasteiger partial charge in [-0.3, -0.25) is 0 Å². The largest absolute Gasteiger partial charge is 0.372 e. The monoisotopic (exact) mass is 467 g/mol. The van der Waals surface area contributed by atoms with Crippen molar-refractivity contribution in [2.24, 2.45) is 4.99 Å². The molecule has 0 saturated carbocycles. The van der Waals surface area contributed by atoms with E-state index in [4.69, 9.17) is 14.7 Å². The maximum absolute atomic E-state index is 6.02. The first-order chi connectivity index (χ1) is 16.6. The van der Waals surface area contributed by atoms with Gasteiger partial charge < -0.3 is 9.64 Å². The molecule has 1 aromatic heterocycles. The second-order valence-corrected chi connectivity index (χ2v) is 9.85. The molecule has 2 heterocycles. The number of ether oxygens (including phenoxy) is 1. The molecule has 2 atom stereocenters. The van der Waals surface area contributed by atoms with Gasteiger partial charge in [-0.25, -0.2) is 9.98 Å². The molecule has 0 spiro atoms. The summed E-state index contributed by atoms with van der Waals surface area (Å²) in [6.07, 6.45) is 0.295. The third kappa shape index (κ3) is 4.96. The highest BCUT2D eigenvalue weighted by molar-refractivity contribution is 7.19. The Morgan fingerprint density at radius 1 is 0.853 bits per heavy atom. The maximum Gasteiger partial charge on any atom is 0.146 e. The van der Waals surface area contributed by atoms with Crippen LogP contribution in [0, 0.1) is 6.92 Å². The van der Waals surface area contributed by atoms with E-state index in [2.05, 4.69) is 98.5 Å². The molecule has 5 heteroatoms. The molecular weight excluding hydrogens is 438 g/mol. The average Bonchev–Trinajstić information content (AvgIpc) is 3.28. The van der Waals surface area contributed by atoms with Crippen molar-refractivity contribution in [3.05, 3.63) is 96.1 Å². The van der Waals surface area contributed by atoms with Crippen LogP contribution in [0.3, 0.4) is 0 Å². The minimum Gasteiger partial charge on any atom is -0.372 e. The van der Waals surface area contributed by atoms with Gasteiger partial charge in [-0.15, -0.1) is 0 Å². The number of rotatable bonds is 4. The Morgan fingerprint density at radius 2 is 1.44 bits per heavy atom. The van der Waals surface area contributed by atoms with E-state index in [0.29, 0.717) is 0 Å². The second kappa shape index (κ2) is 9.92. The lowest BCUT2D eigenvalue weighted by Gasteiger charge is -2.37. The van der Waals surface area contributed by atoms with E-state index in [1.807, 2.05) is 12.1 Å². The number of amidine groups is 1. The molecule has 0 amide bonds. The molecule has 4 nitrogen and oxygen atoms in total. The molecule has 0 bridgehead atoms. The van der Waals surface area contributed by atoms with Crippen LogP contribution in [0.4, 0.5) is 5.00 Å². The van der Waals surface area contributed by atoms with Crippen molar-refractivity contribution in [1.29, 1.82) is 0 Å². The van der Waals surface area contributed by atoms with Crippen molar-refractivity contribution in [1.82, 2.24) is 9.88 Å². The van der Waals surface area contributed by atoms with Gasteiger partial charge in [-0.05, 0) is 20.8 Å². The minimum absolute atomic E-state index is 0.148. The van der Waals surface area contributed by atoms with E-state index < -0.39 is 0 Å². The fraction of sp³-hybridized carbons (Fsp3) is 0.241. The molecule has 1 fully saturated rings. The standard InChI is InChI=1S/C29H29N3OS/c1-20-14-16-24(17-15-20)27(32-18-21(2)33-22(3)19-32)31-29-26(23-10-6-4-7-11-23)30-28(34-29)25-12-8-5-9-13-25/h4-17,21-22H,18-19H2,1-3H3/t21-,22-/m1/s1. The summed E-state index contributed by atoms with van der Waals surface area (Å²) in [7, 11) is 0. The summed E-state index contributed by atoms with van der Waals surface area (Å²) in [5.41, 5.74) is 5.45. The first kappa shape index (κ1) is 22.5. The van der Waals surface area contributed by atoms with Crippen molar-refractivity contribution in [2.75, 3.05) is 13.1 Å². The third-order valence-electron chi connectivity index (χ3n) is 5.91. The molecule has 172 valence electrons. The SMILES string of the molecule is Cc1ccc(C(=Nc2sc(-c3ccccc3)nc2-c2ccccc2)N2C[C@@H](C)O[C@H](C)C2)cc1. The Labute approximate surface area is 205 Å². The lowest BCUT2D eigenvalue weighted by Crippen LogP contribution is -2.48. The van der Waals surface area contributed by atoms with E-state index in [9.17, 15) is 0 Å². The summed E-state index contributed by atoms with van der Waals surface area (Å²) >= 11 is 1.64. The zero-order valence-corrected chi connectivity index (χ0v) is 20.6. The number of hydrogen-bond acceptors (Lipinski definition) is 4. The lowest BCUT2D eigenvalue weighted by atomic mass is 10.1. The van der Waals surface area contributed by atoms with Crippen LogP contribution >= 0.6 is 11.3 Å². The molecule has 0 aliphatic carbocycles. The fourth-order valence-electron chi connectivity index (χ4n) is 4.34. The van der Waals surface area contributed by atoms with Crippen LogP contribution in [-0.2, 0) is 4.74 Å². The number of morpholine rings is 1. The first-order valence-corrected chi connectivity index (χ1v) is 12.6. The Balaban J connectivity index is 1.66. The second-order valence-electron chi connectivity index (χ2n) is 8.87. The quantitative estimate of drug-likeness (QED) is 0.240. The summed E-state index contributed by atoms with van der Waals surface area (Å²) in [5, 5.41) is 1.90. The molecule has 34 heavy (non-hydrogen) atoms. The number of aryl methyl sites for hydroxylation is 1. The predicted octanol–water partition coefficient (Wildman–Crippen LogP) is 6.97. The van der Waals surface area contributed by atoms with Crippen LogP contribution in [0.5, 0.6) is 0 Å². The number of aromatic nitrogens is 1. The van der Waals surface area contributed by atoms with Gasteiger partial charge in [0, 0.05) is 29.8 Å². The Morgan fingerprint density at radius 3 is 2.06 bits per heavy atom. The number of hydrogen-bond donors (Lipinski definition) is 0.